The van der Waals surface area contributed by atoms with Crippen molar-refractivity contribution in [3.8, 4) is 5.75 Å². The van der Waals surface area contributed by atoms with Gasteiger partial charge in [0.05, 0.1) is 4.90 Å². The van der Waals surface area contributed by atoms with Gasteiger partial charge in [-0.05, 0) is 62.1 Å². The van der Waals surface area contributed by atoms with E-state index in [-0.39, 0.29) is 18.1 Å². The van der Waals surface area contributed by atoms with Gasteiger partial charge in [0.15, 0.2) is 14.6 Å². The molecule has 0 amide bonds. The van der Waals surface area contributed by atoms with Gasteiger partial charge in [0, 0.05) is 0 Å². The molecule has 0 unspecified atom stereocenters. The lowest BCUT2D eigenvalue weighted by atomic mass is 10.1. The molecular formula is C22H26O5S. The predicted octanol–water partition coefficient (Wildman–Crippen LogP) is 4.01. The largest absolute Gasteiger partial charge is 0.490 e. The van der Waals surface area contributed by atoms with Crippen LogP contribution in [0.1, 0.15) is 36.8 Å². The van der Waals surface area contributed by atoms with Crippen LogP contribution in [0.4, 0.5) is 0 Å². The summed E-state index contributed by atoms with van der Waals surface area (Å²) in [5.41, 5.74) is 2.18. The Labute approximate surface area is 166 Å². The highest BCUT2D eigenvalue weighted by molar-refractivity contribution is 7.93. The third-order valence-corrected chi connectivity index (χ3v) is 7.63. The van der Waals surface area contributed by atoms with Crippen LogP contribution in [-0.4, -0.2) is 32.3 Å². The van der Waals surface area contributed by atoms with Crippen LogP contribution in [0, 0.1) is 13.8 Å². The normalized spacial score (nSPS) is 15.9. The van der Waals surface area contributed by atoms with Crippen molar-refractivity contribution in [3.63, 3.8) is 0 Å². The van der Waals surface area contributed by atoms with Crippen LogP contribution >= 0.6 is 0 Å². The quantitative estimate of drug-likeness (QED) is 0.517. The topological polar surface area (TPSA) is 69.7 Å². The Morgan fingerprint density at radius 1 is 0.964 bits per heavy atom. The van der Waals surface area contributed by atoms with Gasteiger partial charge in [-0.2, -0.15) is 0 Å². The Balaban J connectivity index is 1.67. The summed E-state index contributed by atoms with van der Waals surface area (Å²) >= 11 is 0. The lowest BCUT2D eigenvalue weighted by Gasteiger charge is -2.26. The Bertz CT molecular complexity index is 908. The zero-order valence-corrected chi connectivity index (χ0v) is 17.1. The SMILES string of the molecule is Cc1cc(C)cc(OCCOC(=O)C2(S(=O)(=O)c3ccccc3)CCCC2)c1. The Morgan fingerprint density at radius 3 is 2.18 bits per heavy atom. The average molecular weight is 403 g/mol. The summed E-state index contributed by atoms with van der Waals surface area (Å²) in [4.78, 5) is 13.0. The van der Waals surface area contributed by atoms with Gasteiger partial charge in [-0.15, -0.1) is 0 Å². The van der Waals surface area contributed by atoms with Crippen molar-refractivity contribution in [2.24, 2.45) is 0 Å². The highest BCUT2D eigenvalue weighted by Gasteiger charge is 2.54. The maximum absolute atomic E-state index is 13.2. The molecule has 0 N–H and O–H groups in total. The molecule has 0 heterocycles. The molecule has 2 aromatic rings. The van der Waals surface area contributed by atoms with E-state index in [2.05, 4.69) is 0 Å². The number of sulfone groups is 1. The number of aryl methyl sites for hydroxylation is 2. The van der Waals surface area contributed by atoms with Gasteiger partial charge < -0.3 is 9.47 Å². The second-order valence-corrected chi connectivity index (χ2v) is 9.59. The molecule has 0 saturated heterocycles. The molecule has 0 radical (unpaired) electrons. The third kappa shape index (κ3) is 4.07. The van der Waals surface area contributed by atoms with Crippen LogP contribution in [0.2, 0.25) is 0 Å². The minimum absolute atomic E-state index is 0.0118. The van der Waals surface area contributed by atoms with Crippen molar-refractivity contribution in [3.05, 3.63) is 59.7 Å². The van der Waals surface area contributed by atoms with Crippen LogP contribution in [0.5, 0.6) is 5.75 Å². The summed E-state index contributed by atoms with van der Waals surface area (Å²) in [7, 11) is -3.82. The van der Waals surface area contributed by atoms with Gasteiger partial charge in [-0.3, -0.25) is 4.79 Å². The molecule has 5 nitrogen and oxygen atoms in total. The van der Waals surface area contributed by atoms with E-state index in [0.29, 0.717) is 31.4 Å². The van der Waals surface area contributed by atoms with Gasteiger partial charge in [0.25, 0.3) is 0 Å². The first-order chi connectivity index (χ1) is 13.3. The van der Waals surface area contributed by atoms with E-state index in [0.717, 1.165) is 11.1 Å². The summed E-state index contributed by atoms with van der Waals surface area (Å²) in [5, 5.41) is 0. The summed E-state index contributed by atoms with van der Waals surface area (Å²) in [6.45, 7) is 4.16. The molecule has 2 aromatic carbocycles. The van der Waals surface area contributed by atoms with Crippen molar-refractivity contribution in [2.75, 3.05) is 13.2 Å². The van der Waals surface area contributed by atoms with Crippen LogP contribution in [0.25, 0.3) is 0 Å². The first-order valence-corrected chi connectivity index (χ1v) is 11.0. The van der Waals surface area contributed by atoms with E-state index >= 15 is 0 Å². The maximum Gasteiger partial charge on any atom is 0.327 e. The lowest BCUT2D eigenvalue weighted by molar-refractivity contribution is -0.147. The van der Waals surface area contributed by atoms with Crippen molar-refractivity contribution < 1.29 is 22.7 Å². The summed E-state index contributed by atoms with van der Waals surface area (Å²) in [6, 6.07) is 14.0. The lowest BCUT2D eigenvalue weighted by Crippen LogP contribution is -2.45. The number of benzene rings is 2. The van der Waals surface area contributed by atoms with Crippen LogP contribution < -0.4 is 4.74 Å². The van der Waals surface area contributed by atoms with Gasteiger partial charge in [0.1, 0.15) is 19.0 Å². The molecule has 0 spiro atoms. The van der Waals surface area contributed by atoms with Gasteiger partial charge in [-0.1, -0.05) is 37.1 Å². The number of ether oxygens (including phenoxy) is 2. The molecule has 1 aliphatic rings. The number of carbonyl (C=O) groups excluding carboxylic acids is 1. The second-order valence-electron chi connectivity index (χ2n) is 7.33. The molecular weight excluding hydrogens is 376 g/mol. The fourth-order valence-corrected chi connectivity index (χ4v) is 5.87. The fraction of sp³-hybridized carbons (Fsp3) is 0.409. The van der Waals surface area contributed by atoms with E-state index in [4.69, 9.17) is 9.47 Å². The van der Waals surface area contributed by atoms with Crippen molar-refractivity contribution in [1.29, 1.82) is 0 Å². The van der Waals surface area contributed by atoms with Crippen LogP contribution in [0.15, 0.2) is 53.4 Å². The highest BCUT2D eigenvalue weighted by atomic mass is 32.2. The monoisotopic (exact) mass is 402 g/mol. The molecule has 150 valence electrons. The molecule has 6 heteroatoms. The molecule has 1 saturated carbocycles. The predicted molar refractivity (Wildman–Crippen MR) is 107 cm³/mol. The Morgan fingerprint density at radius 2 is 1.57 bits per heavy atom. The van der Waals surface area contributed by atoms with Crippen molar-refractivity contribution >= 4 is 15.8 Å². The molecule has 0 aromatic heterocycles. The minimum Gasteiger partial charge on any atom is -0.490 e. The van der Waals surface area contributed by atoms with Crippen LogP contribution in [0.3, 0.4) is 0 Å². The number of rotatable bonds is 7. The van der Waals surface area contributed by atoms with Crippen LogP contribution in [-0.2, 0) is 19.4 Å². The van der Waals surface area contributed by atoms with Gasteiger partial charge >= 0.3 is 5.97 Å². The van der Waals surface area contributed by atoms with Gasteiger partial charge in [-0.25, -0.2) is 8.42 Å². The number of hydrogen-bond donors (Lipinski definition) is 0. The maximum atomic E-state index is 13.2. The van der Waals surface area contributed by atoms with Gasteiger partial charge in [0.2, 0.25) is 0 Å². The standard InChI is InChI=1S/C22H26O5S/c1-17-14-18(2)16-19(15-17)26-12-13-27-21(23)22(10-6-7-11-22)28(24,25)20-8-4-3-5-9-20/h3-5,8-9,14-16H,6-7,10-13H2,1-2H3. The Hall–Kier alpha value is -2.34. The zero-order chi connectivity index (χ0) is 20.2. The number of carbonyl (C=O) groups is 1. The molecule has 0 aliphatic heterocycles. The fourth-order valence-electron chi connectivity index (χ4n) is 3.80. The van der Waals surface area contributed by atoms with E-state index in [1.807, 2.05) is 32.0 Å². The number of esters is 1. The molecule has 1 fully saturated rings. The van der Waals surface area contributed by atoms with E-state index in [9.17, 15) is 13.2 Å². The Kier molecular flexibility index (Phi) is 6.08. The summed E-state index contributed by atoms with van der Waals surface area (Å²) in [5.74, 6) is 0.0407. The molecule has 1 aliphatic carbocycles. The molecule has 28 heavy (non-hydrogen) atoms. The number of hydrogen-bond acceptors (Lipinski definition) is 5. The average Bonchev–Trinajstić information content (AvgIpc) is 3.17. The molecule has 0 bridgehead atoms. The first-order valence-electron chi connectivity index (χ1n) is 9.53. The van der Waals surface area contributed by atoms with Crippen molar-refractivity contribution in [1.82, 2.24) is 0 Å². The summed E-state index contributed by atoms with van der Waals surface area (Å²) < 4.78 is 35.9. The first kappa shape index (κ1) is 20.4. The second kappa shape index (κ2) is 8.35. The summed E-state index contributed by atoms with van der Waals surface area (Å²) in [6.07, 6.45) is 1.97. The van der Waals surface area contributed by atoms with Crippen molar-refractivity contribution in [2.45, 2.75) is 49.2 Å². The minimum atomic E-state index is -3.82. The zero-order valence-electron chi connectivity index (χ0n) is 16.3. The van der Waals surface area contributed by atoms with E-state index in [1.54, 1.807) is 18.2 Å². The van der Waals surface area contributed by atoms with E-state index < -0.39 is 20.6 Å². The smallest absolute Gasteiger partial charge is 0.327 e. The third-order valence-electron chi connectivity index (χ3n) is 5.13. The highest BCUT2D eigenvalue weighted by Crippen LogP contribution is 2.41. The van der Waals surface area contributed by atoms with E-state index in [1.165, 1.54) is 12.1 Å². The molecule has 0 atom stereocenters. The molecule has 3 rings (SSSR count).